The Labute approximate surface area is 266 Å². The molecule has 0 bridgehead atoms. The van der Waals surface area contributed by atoms with Gasteiger partial charge in [-0.2, -0.15) is 0 Å². The maximum absolute atomic E-state index is 5.92. The van der Waals surface area contributed by atoms with Gasteiger partial charge in [0.05, 0.1) is 0 Å². The largest absolute Gasteiger partial charge is 0.115 e. The molecule has 3 aromatic rings. The molecule has 3 aromatic carbocycles. The summed E-state index contributed by atoms with van der Waals surface area (Å²) in [5.74, 6) is 6.24. The predicted molar refractivity (Wildman–Crippen MR) is 186 cm³/mol. The number of rotatable bonds is 11. The van der Waals surface area contributed by atoms with Crippen molar-refractivity contribution in [3.63, 3.8) is 0 Å². The van der Waals surface area contributed by atoms with Crippen LogP contribution in [0.15, 0.2) is 103 Å². The molecule has 1 spiro atoms. The van der Waals surface area contributed by atoms with Crippen LogP contribution >= 0.6 is 0 Å². The summed E-state index contributed by atoms with van der Waals surface area (Å²) in [5, 5.41) is 0. The van der Waals surface area contributed by atoms with Crippen LogP contribution < -0.4 is 0 Å². The third-order valence-corrected chi connectivity index (χ3v) is 11.6. The van der Waals surface area contributed by atoms with Crippen molar-refractivity contribution in [1.29, 1.82) is 0 Å². The molecule has 3 unspecified atom stereocenters. The fourth-order valence-electron chi connectivity index (χ4n) is 8.57. The second-order valence-electron chi connectivity index (χ2n) is 14.7. The highest BCUT2D eigenvalue weighted by Gasteiger charge is 2.62. The van der Waals surface area contributed by atoms with Crippen LogP contribution in [0.25, 0.3) is 5.57 Å². The number of hydrogen-bond acceptors (Lipinski definition) is 0. The van der Waals surface area contributed by atoms with Crippen LogP contribution in [-0.4, -0.2) is 0 Å². The van der Waals surface area contributed by atoms with Gasteiger partial charge in [0.15, 0.2) is 0 Å². The van der Waals surface area contributed by atoms with E-state index >= 15 is 0 Å². The highest BCUT2D eigenvalue weighted by atomic mass is 14.7. The molecule has 3 saturated carbocycles. The van der Waals surface area contributed by atoms with Gasteiger partial charge in [-0.05, 0) is 139 Å². The lowest BCUT2D eigenvalue weighted by Crippen LogP contribution is -2.23. The maximum atomic E-state index is 5.92. The normalized spacial score (nSPS) is 25.3. The van der Waals surface area contributed by atoms with Crippen LogP contribution in [0.3, 0.4) is 0 Å². The Morgan fingerprint density at radius 2 is 1.70 bits per heavy atom. The third kappa shape index (κ3) is 6.44. The maximum Gasteiger partial charge on any atom is 0.0274 e. The van der Waals surface area contributed by atoms with Gasteiger partial charge in [0.1, 0.15) is 0 Å². The van der Waals surface area contributed by atoms with Gasteiger partial charge in [-0.1, -0.05) is 110 Å². The average Bonchev–Trinajstić information content (AvgIpc) is 3.93. The van der Waals surface area contributed by atoms with Crippen molar-refractivity contribution < 1.29 is 0 Å². The minimum Gasteiger partial charge on any atom is -0.115 e. The SMILES string of the molecule is C#Cc1ccc(CC2CCC(C(C(=C)CCc3ccccc3)c3ccc(C4=CC(C)C=C4)cc3)CC2)cc1CC1CC12CC2. The van der Waals surface area contributed by atoms with Crippen LogP contribution in [0.2, 0.25) is 0 Å². The number of aryl methyl sites for hydroxylation is 1. The summed E-state index contributed by atoms with van der Waals surface area (Å²) in [4.78, 5) is 0. The number of benzene rings is 3. The lowest BCUT2D eigenvalue weighted by molar-refractivity contribution is 0.252. The average molecular weight is 577 g/mol. The Hall–Kier alpha value is -3.56. The molecule has 0 radical (unpaired) electrons. The molecule has 0 heterocycles. The van der Waals surface area contributed by atoms with E-state index in [4.69, 9.17) is 13.0 Å². The lowest BCUT2D eigenvalue weighted by Gasteiger charge is -2.36. The minimum atomic E-state index is 0.426. The summed E-state index contributed by atoms with van der Waals surface area (Å²) >= 11 is 0. The van der Waals surface area contributed by atoms with Gasteiger partial charge < -0.3 is 0 Å². The topological polar surface area (TPSA) is 0 Å². The quantitative estimate of drug-likeness (QED) is 0.157. The lowest BCUT2D eigenvalue weighted by atomic mass is 9.69. The second kappa shape index (κ2) is 12.4. The predicted octanol–water partition coefficient (Wildman–Crippen LogP) is 10.9. The number of allylic oxidation sites excluding steroid dienone is 5. The summed E-state index contributed by atoms with van der Waals surface area (Å²) in [6.07, 6.45) is 26.9. The van der Waals surface area contributed by atoms with Gasteiger partial charge in [0.25, 0.3) is 0 Å². The Bertz CT molecular complexity index is 1580. The first-order valence-corrected chi connectivity index (χ1v) is 17.3. The Kier molecular flexibility index (Phi) is 8.25. The molecule has 3 atom stereocenters. The van der Waals surface area contributed by atoms with Crippen LogP contribution in [-0.2, 0) is 19.3 Å². The summed E-state index contributed by atoms with van der Waals surface area (Å²) < 4.78 is 0. The van der Waals surface area contributed by atoms with Crippen molar-refractivity contribution in [2.45, 2.75) is 83.5 Å². The van der Waals surface area contributed by atoms with E-state index in [2.05, 4.69) is 104 Å². The molecule has 0 amide bonds. The highest BCUT2D eigenvalue weighted by molar-refractivity contribution is 5.76. The van der Waals surface area contributed by atoms with E-state index in [1.807, 2.05) is 0 Å². The van der Waals surface area contributed by atoms with E-state index in [0.717, 1.165) is 35.7 Å². The van der Waals surface area contributed by atoms with Crippen LogP contribution in [0, 0.1) is 41.4 Å². The van der Waals surface area contributed by atoms with E-state index in [9.17, 15) is 0 Å². The molecule has 0 N–H and O–H groups in total. The van der Waals surface area contributed by atoms with E-state index in [-0.39, 0.29) is 0 Å². The fraction of sp³-hybridized carbons (Fsp3) is 0.409. The zero-order valence-electron chi connectivity index (χ0n) is 26.6. The molecule has 44 heavy (non-hydrogen) atoms. The first kappa shape index (κ1) is 29.2. The van der Waals surface area contributed by atoms with Gasteiger partial charge >= 0.3 is 0 Å². The Morgan fingerprint density at radius 1 is 0.932 bits per heavy atom. The van der Waals surface area contributed by atoms with Gasteiger partial charge in [0.2, 0.25) is 0 Å². The summed E-state index contributed by atoms with van der Waals surface area (Å²) in [5.41, 5.74) is 11.7. The molecular formula is C44H48. The van der Waals surface area contributed by atoms with Crippen molar-refractivity contribution in [2.24, 2.45) is 29.1 Å². The fourth-order valence-corrected chi connectivity index (χ4v) is 8.57. The molecule has 0 aliphatic heterocycles. The van der Waals surface area contributed by atoms with Crippen LogP contribution in [0.1, 0.15) is 97.6 Å². The molecule has 3 fully saturated rings. The molecule has 0 nitrogen and oxygen atoms in total. The van der Waals surface area contributed by atoms with Crippen molar-refractivity contribution in [3.8, 4) is 12.3 Å². The monoisotopic (exact) mass is 576 g/mol. The molecule has 224 valence electrons. The smallest absolute Gasteiger partial charge is 0.0274 e. The standard InChI is InChI=1S/C44H48/c1-4-36-17-15-35(28-41(36)29-42-30-44(42)24-25-44)27-34-13-18-38(19-14-34)43(32(3)11-12-33-8-6-5-7-9-33)39-22-20-37(21-23-39)40-16-10-31(2)26-40/h1,5-10,15-17,20-23,26,28,31,34,38,42-43H,3,11-14,18-19,24-25,27,29-30H2,2H3. The molecule has 0 saturated heterocycles. The number of hydrogen-bond donors (Lipinski definition) is 0. The molecular weight excluding hydrogens is 528 g/mol. The Balaban J connectivity index is 1.03. The van der Waals surface area contributed by atoms with E-state index in [0.29, 0.717) is 17.8 Å². The van der Waals surface area contributed by atoms with E-state index < -0.39 is 0 Å². The summed E-state index contributed by atoms with van der Waals surface area (Å²) in [7, 11) is 0. The van der Waals surface area contributed by atoms with Gasteiger partial charge in [-0.15, -0.1) is 6.42 Å². The van der Waals surface area contributed by atoms with Crippen molar-refractivity contribution in [2.75, 3.05) is 0 Å². The first-order valence-electron chi connectivity index (χ1n) is 17.3. The molecule has 4 aliphatic rings. The van der Waals surface area contributed by atoms with Crippen molar-refractivity contribution >= 4 is 5.57 Å². The molecule has 4 aliphatic carbocycles. The van der Waals surface area contributed by atoms with E-state index in [1.54, 1.807) is 0 Å². The van der Waals surface area contributed by atoms with Crippen molar-refractivity contribution in [1.82, 2.24) is 0 Å². The van der Waals surface area contributed by atoms with Gasteiger partial charge in [-0.3, -0.25) is 0 Å². The zero-order valence-corrected chi connectivity index (χ0v) is 26.6. The Morgan fingerprint density at radius 3 is 2.36 bits per heavy atom. The molecule has 0 aromatic heterocycles. The number of terminal acetylenes is 1. The molecule has 7 rings (SSSR count). The van der Waals surface area contributed by atoms with Gasteiger partial charge in [0, 0.05) is 11.5 Å². The van der Waals surface area contributed by atoms with E-state index in [1.165, 1.54) is 96.8 Å². The van der Waals surface area contributed by atoms with Crippen LogP contribution in [0.4, 0.5) is 0 Å². The highest BCUT2D eigenvalue weighted by Crippen LogP contribution is 2.71. The van der Waals surface area contributed by atoms with Crippen molar-refractivity contribution in [3.05, 3.63) is 137 Å². The van der Waals surface area contributed by atoms with Crippen LogP contribution in [0.5, 0.6) is 0 Å². The third-order valence-electron chi connectivity index (χ3n) is 11.6. The molecule has 0 heteroatoms. The zero-order chi connectivity index (χ0) is 30.1. The summed E-state index contributed by atoms with van der Waals surface area (Å²) in [6, 6.07) is 27.4. The first-order chi connectivity index (χ1) is 21.5. The minimum absolute atomic E-state index is 0.426. The van der Waals surface area contributed by atoms with Gasteiger partial charge in [-0.25, -0.2) is 0 Å². The summed E-state index contributed by atoms with van der Waals surface area (Å²) in [6.45, 7) is 7.00. The second-order valence-corrected chi connectivity index (χ2v) is 14.7.